The molecule has 0 unspecified atom stereocenters. The molecule has 2 aromatic rings. The van der Waals surface area contributed by atoms with Gasteiger partial charge in [-0.3, -0.25) is 14.4 Å². The van der Waals surface area contributed by atoms with E-state index in [4.69, 9.17) is 11.6 Å². The number of carbonyl (C=O) groups excluding carboxylic acids is 1. The molecule has 0 fully saturated rings. The average molecular weight is 424 g/mol. The Balaban J connectivity index is 1.89. The molecule has 0 heterocycles. The Bertz CT molecular complexity index is 869. The van der Waals surface area contributed by atoms with Crippen molar-refractivity contribution in [3.63, 3.8) is 0 Å². The molecule has 8 heteroatoms. The zero-order valence-corrected chi connectivity index (χ0v) is 17.7. The fraction of sp³-hybridized carbons (Fsp3) is 0.350. The number of carbonyl (C=O) groups is 1. The summed E-state index contributed by atoms with van der Waals surface area (Å²) in [4.78, 5) is 14.4. The Morgan fingerprint density at radius 3 is 2.18 bits per heavy atom. The van der Waals surface area contributed by atoms with Gasteiger partial charge in [-0.25, -0.2) is 8.42 Å². The summed E-state index contributed by atoms with van der Waals surface area (Å²) in [5.74, 6) is -0.0542. The molecule has 1 amide bonds. The number of nitrogens with one attached hydrogen (secondary N) is 2. The Kier molecular flexibility index (Phi) is 8.29. The SMILES string of the molecule is CCCS(=O)(=O)Nc1ccc(NC(=O)CN(CC)Cc2ccc(Cl)cc2)cc1. The summed E-state index contributed by atoms with van der Waals surface area (Å²) in [5, 5.41) is 3.52. The van der Waals surface area contributed by atoms with E-state index in [9.17, 15) is 13.2 Å². The molecule has 0 spiro atoms. The molecule has 152 valence electrons. The standard InChI is InChI=1S/C20H26ClN3O3S/c1-3-13-28(26,27)23-19-11-9-18(10-12-19)22-20(25)15-24(4-2)14-16-5-7-17(21)8-6-16/h5-12,23H,3-4,13-15H2,1-2H3,(H,22,25). The number of anilines is 2. The van der Waals surface area contributed by atoms with E-state index in [1.165, 1.54) is 0 Å². The first-order valence-electron chi connectivity index (χ1n) is 9.18. The monoisotopic (exact) mass is 423 g/mol. The molecule has 0 atom stereocenters. The number of nitrogens with zero attached hydrogens (tertiary/aromatic N) is 1. The van der Waals surface area contributed by atoms with Crippen molar-refractivity contribution in [3.05, 3.63) is 59.1 Å². The van der Waals surface area contributed by atoms with E-state index < -0.39 is 10.0 Å². The molecule has 2 aromatic carbocycles. The Hall–Kier alpha value is -2.09. The van der Waals surface area contributed by atoms with Gasteiger partial charge >= 0.3 is 0 Å². The number of halogens is 1. The summed E-state index contributed by atoms with van der Waals surface area (Å²) < 4.78 is 26.1. The molecular formula is C20H26ClN3O3S. The van der Waals surface area contributed by atoms with Gasteiger partial charge in [0.05, 0.1) is 12.3 Å². The maximum Gasteiger partial charge on any atom is 0.238 e. The third-order valence-corrected chi connectivity index (χ3v) is 5.79. The number of hydrogen-bond acceptors (Lipinski definition) is 4. The lowest BCUT2D eigenvalue weighted by Gasteiger charge is -2.20. The molecule has 0 aromatic heterocycles. The quantitative estimate of drug-likeness (QED) is 0.606. The van der Waals surface area contributed by atoms with E-state index in [-0.39, 0.29) is 18.2 Å². The highest BCUT2D eigenvalue weighted by atomic mass is 35.5. The van der Waals surface area contributed by atoms with E-state index in [0.29, 0.717) is 29.4 Å². The van der Waals surface area contributed by atoms with Gasteiger partial charge in [0, 0.05) is 22.9 Å². The summed E-state index contributed by atoms with van der Waals surface area (Å²) in [6, 6.07) is 14.2. The normalized spacial score (nSPS) is 11.4. The first-order chi connectivity index (χ1) is 13.3. The van der Waals surface area contributed by atoms with Crippen LogP contribution in [0.25, 0.3) is 0 Å². The van der Waals surface area contributed by atoms with Crippen molar-refractivity contribution in [1.82, 2.24) is 4.90 Å². The largest absolute Gasteiger partial charge is 0.325 e. The number of likely N-dealkylation sites (N-methyl/N-ethyl adjacent to an activating group) is 1. The van der Waals surface area contributed by atoms with E-state index in [0.717, 1.165) is 12.1 Å². The first-order valence-corrected chi connectivity index (χ1v) is 11.2. The second-order valence-electron chi connectivity index (χ2n) is 6.48. The lowest BCUT2D eigenvalue weighted by molar-refractivity contribution is -0.117. The minimum absolute atomic E-state index is 0.0754. The van der Waals surface area contributed by atoms with Crippen molar-refractivity contribution in [2.75, 3.05) is 28.9 Å². The van der Waals surface area contributed by atoms with E-state index in [1.807, 2.05) is 43.0 Å². The number of sulfonamides is 1. The van der Waals surface area contributed by atoms with Gasteiger partial charge in [-0.05, 0) is 54.9 Å². The summed E-state index contributed by atoms with van der Waals surface area (Å²) in [6.07, 6.45) is 0.549. The molecule has 28 heavy (non-hydrogen) atoms. The van der Waals surface area contributed by atoms with Gasteiger partial charge in [0.2, 0.25) is 15.9 Å². The fourth-order valence-electron chi connectivity index (χ4n) is 2.65. The molecule has 6 nitrogen and oxygen atoms in total. The average Bonchev–Trinajstić information content (AvgIpc) is 2.64. The van der Waals surface area contributed by atoms with Gasteiger partial charge in [0.25, 0.3) is 0 Å². The Morgan fingerprint density at radius 1 is 1.00 bits per heavy atom. The van der Waals surface area contributed by atoms with E-state index in [1.54, 1.807) is 24.3 Å². The van der Waals surface area contributed by atoms with E-state index >= 15 is 0 Å². The maximum absolute atomic E-state index is 12.3. The molecule has 0 bridgehead atoms. The molecule has 2 N–H and O–H groups in total. The predicted molar refractivity (Wildman–Crippen MR) is 115 cm³/mol. The fourth-order valence-corrected chi connectivity index (χ4v) is 3.91. The molecule has 0 aliphatic heterocycles. The summed E-state index contributed by atoms with van der Waals surface area (Å²) >= 11 is 5.90. The van der Waals surface area contributed by atoms with Crippen molar-refractivity contribution in [2.24, 2.45) is 0 Å². The minimum atomic E-state index is -3.32. The van der Waals surface area contributed by atoms with Crippen LogP contribution in [0.2, 0.25) is 5.02 Å². The highest BCUT2D eigenvalue weighted by Gasteiger charge is 2.11. The topological polar surface area (TPSA) is 78.5 Å². The van der Waals surface area contributed by atoms with Crippen molar-refractivity contribution in [3.8, 4) is 0 Å². The van der Waals surface area contributed by atoms with Crippen LogP contribution in [0.4, 0.5) is 11.4 Å². The highest BCUT2D eigenvalue weighted by molar-refractivity contribution is 7.92. The Labute approximate surface area is 171 Å². The van der Waals surface area contributed by atoms with Crippen LogP contribution in [0.3, 0.4) is 0 Å². The lowest BCUT2D eigenvalue weighted by atomic mass is 10.2. The highest BCUT2D eigenvalue weighted by Crippen LogP contribution is 2.16. The van der Waals surface area contributed by atoms with Gasteiger partial charge in [-0.2, -0.15) is 0 Å². The third kappa shape index (κ3) is 7.50. The van der Waals surface area contributed by atoms with Gasteiger partial charge in [-0.15, -0.1) is 0 Å². The molecule has 0 saturated carbocycles. The molecule has 0 aliphatic rings. The summed E-state index contributed by atoms with van der Waals surface area (Å²) in [7, 11) is -3.32. The smallest absolute Gasteiger partial charge is 0.238 e. The minimum Gasteiger partial charge on any atom is -0.325 e. The van der Waals surface area contributed by atoms with E-state index in [2.05, 4.69) is 10.0 Å². The number of rotatable bonds is 10. The molecule has 0 aliphatic carbocycles. The number of hydrogen-bond donors (Lipinski definition) is 2. The van der Waals surface area contributed by atoms with Gasteiger partial charge in [0.1, 0.15) is 0 Å². The first kappa shape index (κ1) is 22.2. The zero-order chi connectivity index (χ0) is 20.6. The van der Waals surface area contributed by atoms with Crippen LogP contribution >= 0.6 is 11.6 Å². The summed E-state index contributed by atoms with van der Waals surface area (Å²) in [6.45, 7) is 5.45. The zero-order valence-electron chi connectivity index (χ0n) is 16.1. The second-order valence-corrected chi connectivity index (χ2v) is 8.75. The molecular weight excluding hydrogens is 398 g/mol. The lowest BCUT2D eigenvalue weighted by Crippen LogP contribution is -2.32. The van der Waals surface area contributed by atoms with Crippen LogP contribution in [0.5, 0.6) is 0 Å². The van der Waals surface area contributed by atoms with Crippen LogP contribution < -0.4 is 10.0 Å². The second kappa shape index (κ2) is 10.5. The van der Waals surface area contributed by atoms with Crippen molar-refractivity contribution in [2.45, 2.75) is 26.8 Å². The van der Waals surface area contributed by atoms with Crippen LogP contribution in [-0.4, -0.2) is 38.1 Å². The van der Waals surface area contributed by atoms with Crippen molar-refractivity contribution < 1.29 is 13.2 Å². The third-order valence-electron chi connectivity index (χ3n) is 4.05. The van der Waals surface area contributed by atoms with Gasteiger partial charge in [0.15, 0.2) is 0 Å². The van der Waals surface area contributed by atoms with Crippen molar-refractivity contribution in [1.29, 1.82) is 0 Å². The predicted octanol–water partition coefficient (Wildman–Crippen LogP) is 3.95. The van der Waals surface area contributed by atoms with Crippen molar-refractivity contribution >= 4 is 38.9 Å². The summed E-state index contributed by atoms with van der Waals surface area (Å²) in [5.41, 5.74) is 2.18. The molecule has 2 rings (SSSR count). The maximum atomic E-state index is 12.3. The molecule has 0 saturated heterocycles. The van der Waals surface area contributed by atoms with Gasteiger partial charge < -0.3 is 5.32 Å². The van der Waals surface area contributed by atoms with Crippen LogP contribution in [0.15, 0.2) is 48.5 Å². The van der Waals surface area contributed by atoms with Crippen LogP contribution in [0.1, 0.15) is 25.8 Å². The van der Waals surface area contributed by atoms with Crippen LogP contribution in [0, 0.1) is 0 Å². The molecule has 0 radical (unpaired) electrons. The number of amides is 1. The Morgan fingerprint density at radius 2 is 1.61 bits per heavy atom. The number of benzene rings is 2. The van der Waals surface area contributed by atoms with Crippen LogP contribution in [-0.2, 0) is 21.4 Å². The van der Waals surface area contributed by atoms with Gasteiger partial charge in [-0.1, -0.05) is 37.6 Å².